The summed E-state index contributed by atoms with van der Waals surface area (Å²) in [6, 6.07) is 5.58. The lowest BCUT2D eigenvalue weighted by Crippen LogP contribution is -2.13. The van der Waals surface area contributed by atoms with E-state index >= 15 is 0 Å². The number of pyridine rings is 1. The van der Waals surface area contributed by atoms with Gasteiger partial charge in [0.1, 0.15) is 11.5 Å². The van der Waals surface area contributed by atoms with Crippen LogP contribution in [0.15, 0.2) is 24.8 Å². The largest absolute Gasteiger partial charge is 0.506 e. The van der Waals surface area contributed by atoms with Gasteiger partial charge in [-0.3, -0.25) is 0 Å². The highest BCUT2D eigenvalue weighted by molar-refractivity contribution is 5.51. The zero-order valence-electron chi connectivity index (χ0n) is 8.33. The summed E-state index contributed by atoms with van der Waals surface area (Å²) in [7, 11) is 0. The van der Waals surface area contributed by atoms with E-state index in [1.165, 1.54) is 0 Å². The first-order valence-electron chi connectivity index (χ1n) is 4.27. The highest BCUT2D eigenvalue weighted by Crippen LogP contribution is 2.20. The first-order valence-corrected chi connectivity index (χ1v) is 4.27. The predicted molar refractivity (Wildman–Crippen MR) is 54.6 cm³/mol. The Morgan fingerprint density at radius 3 is 2.46 bits per heavy atom. The molecule has 1 rings (SSSR count). The summed E-state index contributed by atoms with van der Waals surface area (Å²) in [6.07, 6.45) is 0. The number of rotatable bonds is 1. The minimum absolute atomic E-state index is 0.00542. The molecule has 13 heavy (non-hydrogen) atoms. The maximum Gasteiger partial charge on any atom is 0.134 e. The zero-order chi connectivity index (χ0) is 10.1. The first kappa shape index (κ1) is 9.78. The predicted octanol–water partition coefficient (Wildman–Crippen LogP) is 2.91. The van der Waals surface area contributed by atoms with Gasteiger partial charge in [-0.25, -0.2) is 4.98 Å². The molecule has 1 aromatic rings. The number of aliphatic hydroxyl groups is 1. The van der Waals surface area contributed by atoms with Gasteiger partial charge in [0.15, 0.2) is 0 Å². The minimum Gasteiger partial charge on any atom is -0.506 e. The highest BCUT2D eigenvalue weighted by Gasteiger charge is 2.15. The van der Waals surface area contributed by atoms with E-state index < -0.39 is 0 Å². The molecule has 0 saturated carbocycles. The zero-order valence-corrected chi connectivity index (χ0v) is 8.33. The molecule has 1 N–H and O–H groups in total. The van der Waals surface area contributed by atoms with E-state index in [9.17, 15) is 0 Å². The van der Waals surface area contributed by atoms with Crippen molar-refractivity contribution in [2.45, 2.75) is 26.2 Å². The summed E-state index contributed by atoms with van der Waals surface area (Å²) in [4.78, 5) is 4.29. The van der Waals surface area contributed by atoms with Gasteiger partial charge in [-0.05, 0) is 12.1 Å². The molecular weight excluding hydrogens is 162 g/mol. The molecule has 0 atom stereocenters. The Balaban J connectivity index is 3.13. The SMILES string of the molecule is C=C(O)c1cccc(C(C)(C)C)n1. The molecule has 0 aliphatic rings. The average Bonchev–Trinajstić information content (AvgIpc) is 2.03. The molecule has 1 heterocycles. The molecule has 0 amide bonds. The van der Waals surface area contributed by atoms with Crippen LogP contribution in [0.3, 0.4) is 0 Å². The second-order valence-electron chi connectivity index (χ2n) is 4.10. The van der Waals surface area contributed by atoms with Gasteiger partial charge in [-0.1, -0.05) is 33.4 Å². The van der Waals surface area contributed by atoms with Crippen LogP contribution in [0.4, 0.5) is 0 Å². The molecule has 0 bridgehead atoms. The monoisotopic (exact) mass is 177 g/mol. The van der Waals surface area contributed by atoms with Crippen molar-refractivity contribution in [3.63, 3.8) is 0 Å². The molecule has 0 aliphatic heterocycles. The van der Waals surface area contributed by atoms with E-state index in [2.05, 4.69) is 32.3 Å². The fraction of sp³-hybridized carbons (Fsp3) is 0.364. The third-order valence-electron chi connectivity index (χ3n) is 1.81. The summed E-state index contributed by atoms with van der Waals surface area (Å²) in [5, 5.41) is 9.16. The van der Waals surface area contributed by atoms with Crippen molar-refractivity contribution < 1.29 is 5.11 Å². The quantitative estimate of drug-likeness (QED) is 0.669. The number of hydrogen-bond donors (Lipinski definition) is 1. The van der Waals surface area contributed by atoms with Crippen LogP contribution >= 0.6 is 0 Å². The van der Waals surface area contributed by atoms with Crippen molar-refractivity contribution in [1.29, 1.82) is 0 Å². The van der Waals surface area contributed by atoms with E-state index in [1.807, 2.05) is 12.1 Å². The van der Waals surface area contributed by atoms with Crippen LogP contribution in [-0.4, -0.2) is 10.1 Å². The van der Waals surface area contributed by atoms with E-state index in [0.717, 1.165) is 5.69 Å². The molecule has 0 radical (unpaired) electrons. The minimum atomic E-state index is 0.00542. The van der Waals surface area contributed by atoms with Crippen LogP contribution in [0.2, 0.25) is 0 Å². The van der Waals surface area contributed by atoms with E-state index in [1.54, 1.807) is 6.07 Å². The van der Waals surface area contributed by atoms with Crippen LogP contribution in [0.5, 0.6) is 0 Å². The van der Waals surface area contributed by atoms with Gasteiger partial charge in [-0.15, -0.1) is 0 Å². The molecule has 0 unspecified atom stereocenters. The lowest BCUT2D eigenvalue weighted by molar-refractivity contribution is 0.507. The van der Waals surface area contributed by atoms with Crippen molar-refractivity contribution in [3.8, 4) is 0 Å². The molecule has 1 aromatic heterocycles. The van der Waals surface area contributed by atoms with Crippen LogP contribution in [0, 0.1) is 0 Å². The normalized spacial score (nSPS) is 11.3. The molecule has 0 aromatic carbocycles. The van der Waals surface area contributed by atoms with Crippen molar-refractivity contribution >= 4 is 5.76 Å². The summed E-state index contributed by atoms with van der Waals surface area (Å²) in [5.74, 6) is 0.0195. The number of aromatic nitrogens is 1. The lowest BCUT2D eigenvalue weighted by atomic mass is 9.91. The number of nitrogens with zero attached hydrogens (tertiary/aromatic N) is 1. The fourth-order valence-electron chi connectivity index (χ4n) is 1.01. The first-order chi connectivity index (χ1) is 5.91. The van der Waals surface area contributed by atoms with Crippen molar-refractivity contribution in [2.24, 2.45) is 0 Å². The van der Waals surface area contributed by atoms with Crippen LogP contribution < -0.4 is 0 Å². The Morgan fingerprint density at radius 2 is 2.00 bits per heavy atom. The van der Waals surface area contributed by atoms with Gasteiger partial charge in [-0.2, -0.15) is 0 Å². The summed E-state index contributed by atoms with van der Waals surface area (Å²) < 4.78 is 0. The van der Waals surface area contributed by atoms with Gasteiger partial charge in [0.05, 0.1) is 0 Å². The molecule has 2 heteroatoms. The van der Waals surface area contributed by atoms with E-state index in [-0.39, 0.29) is 11.2 Å². The third-order valence-corrected chi connectivity index (χ3v) is 1.81. The van der Waals surface area contributed by atoms with Gasteiger partial charge >= 0.3 is 0 Å². The van der Waals surface area contributed by atoms with Crippen molar-refractivity contribution in [2.75, 3.05) is 0 Å². The number of hydrogen-bond acceptors (Lipinski definition) is 2. The molecular formula is C11H15NO. The fourth-order valence-corrected chi connectivity index (χ4v) is 1.01. The van der Waals surface area contributed by atoms with E-state index in [0.29, 0.717) is 5.69 Å². The smallest absolute Gasteiger partial charge is 0.134 e. The standard InChI is InChI=1S/C11H15NO/c1-8(13)9-6-5-7-10(12-9)11(2,3)4/h5-7,13H,1H2,2-4H3. The Bertz CT molecular complexity index is 323. The molecule has 0 saturated heterocycles. The van der Waals surface area contributed by atoms with E-state index in [4.69, 9.17) is 5.11 Å². The van der Waals surface area contributed by atoms with Gasteiger partial charge in [0.2, 0.25) is 0 Å². The van der Waals surface area contributed by atoms with Crippen LogP contribution in [0.25, 0.3) is 5.76 Å². The number of aliphatic hydroxyl groups excluding tert-OH is 1. The Kier molecular flexibility index (Phi) is 2.41. The van der Waals surface area contributed by atoms with Crippen molar-refractivity contribution in [1.82, 2.24) is 4.98 Å². The summed E-state index contributed by atoms with van der Waals surface area (Å²) >= 11 is 0. The van der Waals surface area contributed by atoms with Crippen molar-refractivity contribution in [3.05, 3.63) is 36.2 Å². The molecule has 0 spiro atoms. The Morgan fingerprint density at radius 1 is 1.38 bits per heavy atom. The van der Waals surface area contributed by atoms with Gasteiger partial charge in [0.25, 0.3) is 0 Å². The van der Waals surface area contributed by atoms with Crippen LogP contribution in [-0.2, 0) is 5.41 Å². The second kappa shape index (κ2) is 3.21. The maximum absolute atomic E-state index is 9.16. The Labute approximate surface area is 78.9 Å². The van der Waals surface area contributed by atoms with Crippen LogP contribution in [0.1, 0.15) is 32.2 Å². The summed E-state index contributed by atoms with van der Waals surface area (Å²) in [6.45, 7) is 9.69. The van der Waals surface area contributed by atoms with Gasteiger partial charge < -0.3 is 5.11 Å². The maximum atomic E-state index is 9.16. The topological polar surface area (TPSA) is 33.1 Å². The molecule has 70 valence electrons. The van der Waals surface area contributed by atoms with Gasteiger partial charge in [0, 0.05) is 11.1 Å². The molecule has 0 fully saturated rings. The second-order valence-corrected chi connectivity index (χ2v) is 4.10. The molecule has 2 nitrogen and oxygen atoms in total. The highest BCUT2D eigenvalue weighted by atomic mass is 16.3. The lowest BCUT2D eigenvalue weighted by Gasteiger charge is -2.17. The summed E-state index contributed by atoms with van der Waals surface area (Å²) in [5.41, 5.74) is 1.51. The molecule has 0 aliphatic carbocycles. The Hall–Kier alpha value is -1.31. The third kappa shape index (κ3) is 2.31. The average molecular weight is 177 g/mol.